The minimum absolute atomic E-state index is 0.349. The number of hydrogen-bond acceptors (Lipinski definition) is 3. The van der Waals surface area contributed by atoms with Crippen molar-refractivity contribution in [1.29, 1.82) is 0 Å². The molecule has 2 heterocycles. The Morgan fingerprint density at radius 1 is 1.30 bits per heavy atom. The number of pyridine rings is 1. The van der Waals surface area contributed by atoms with Gasteiger partial charge in [-0.2, -0.15) is 0 Å². The van der Waals surface area contributed by atoms with E-state index < -0.39 is 5.97 Å². The summed E-state index contributed by atoms with van der Waals surface area (Å²) in [6.45, 7) is 2.91. The Labute approximate surface area is 119 Å². The van der Waals surface area contributed by atoms with Crippen molar-refractivity contribution in [1.82, 2.24) is 4.98 Å². The Bertz CT molecular complexity index is 513. The molecule has 1 aliphatic heterocycles. The molecule has 4 nitrogen and oxygen atoms in total. The molecule has 1 aromatic rings. The first kappa shape index (κ1) is 13.4. The van der Waals surface area contributed by atoms with E-state index in [0.29, 0.717) is 11.6 Å². The fourth-order valence-electron chi connectivity index (χ4n) is 3.87. The van der Waals surface area contributed by atoms with Crippen LogP contribution in [0.3, 0.4) is 0 Å². The number of carboxylic acids is 1. The van der Waals surface area contributed by atoms with Gasteiger partial charge in [-0.05, 0) is 44.6 Å². The molecule has 108 valence electrons. The molecule has 2 fully saturated rings. The summed E-state index contributed by atoms with van der Waals surface area (Å²) in [6.07, 6.45) is 9.08. The van der Waals surface area contributed by atoms with E-state index in [1.165, 1.54) is 44.7 Å². The monoisotopic (exact) mass is 274 g/mol. The van der Waals surface area contributed by atoms with Gasteiger partial charge in [0.2, 0.25) is 0 Å². The van der Waals surface area contributed by atoms with Crippen LogP contribution in [0.1, 0.15) is 54.6 Å². The number of anilines is 1. The van der Waals surface area contributed by atoms with Crippen LogP contribution in [-0.2, 0) is 0 Å². The second-order valence-electron chi connectivity index (χ2n) is 6.10. The van der Waals surface area contributed by atoms with Crippen molar-refractivity contribution in [3.63, 3.8) is 0 Å². The first-order valence-electron chi connectivity index (χ1n) is 7.63. The number of aryl methyl sites for hydroxylation is 1. The number of carboxylic acid groups (broad SMARTS) is 1. The zero-order chi connectivity index (χ0) is 14.1. The summed E-state index contributed by atoms with van der Waals surface area (Å²) in [5.74, 6) is -0.127. The van der Waals surface area contributed by atoms with Crippen LogP contribution in [-0.4, -0.2) is 28.6 Å². The molecule has 0 unspecified atom stereocenters. The number of aromatic nitrogens is 1. The highest BCUT2D eigenvalue weighted by Crippen LogP contribution is 2.38. The number of piperidine rings is 1. The molecule has 0 spiro atoms. The predicted molar refractivity (Wildman–Crippen MR) is 78.3 cm³/mol. The second-order valence-corrected chi connectivity index (χ2v) is 6.10. The second kappa shape index (κ2) is 5.43. The number of carbonyl (C=O) groups is 1. The molecule has 1 aliphatic carbocycles. The maximum atomic E-state index is 11.5. The first-order chi connectivity index (χ1) is 9.66. The Balaban J connectivity index is 1.98. The molecule has 0 amide bonds. The molecule has 0 radical (unpaired) electrons. The summed E-state index contributed by atoms with van der Waals surface area (Å²) in [5.41, 5.74) is 2.12. The van der Waals surface area contributed by atoms with Gasteiger partial charge in [0.15, 0.2) is 0 Å². The zero-order valence-corrected chi connectivity index (χ0v) is 12.0. The lowest BCUT2D eigenvalue weighted by Crippen LogP contribution is -2.47. The van der Waals surface area contributed by atoms with E-state index in [1.54, 1.807) is 0 Å². The highest BCUT2D eigenvalue weighted by molar-refractivity contribution is 5.94. The number of fused-ring (bicyclic) bond motifs is 1. The standard InChI is InChI=1S/C16H22N2O2/c1-11-9-15(13(10-17-11)16(19)20)18-8-4-6-12-5-2-3-7-14(12)18/h9-10,12,14H,2-8H2,1H3,(H,19,20)/t12-,14-/m1/s1. The highest BCUT2D eigenvalue weighted by atomic mass is 16.4. The number of nitrogens with zero attached hydrogens (tertiary/aromatic N) is 2. The molecule has 1 saturated heterocycles. The van der Waals surface area contributed by atoms with Crippen molar-refractivity contribution in [3.05, 3.63) is 23.5 Å². The van der Waals surface area contributed by atoms with Gasteiger partial charge in [0, 0.05) is 24.5 Å². The van der Waals surface area contributed by atoms with E-state index in [9.17, 15) is 9.90 Å². The van der Waals surface area contributed by atoms with Gasteiger partial charge in [0.25, 0.3) is 0 Å². The van der Waals surface area contributed by atoms with Gasteiger partial charge in [-0.1, -0.05) is 12.8 Å². The van der Waals surface area contributed by atoms with Gasteiger partial charge in [-0.15, -0.1) is 0 Å². The van der Waals surface area contributed by atoms with Crippen molar-refractivity contribution in [2.24, 2.45) is 5.92 Å². The van der Waals surface area contributed by atoms with Crippen molar-refractivity contribution < 1.29 is 9.90 Å². The molecule has 0 bridgehead atoms. The third kappa shape index (κ3) is 2.39. The summed E-state index contributed by atoms with van der Waals surface area (Å²) >= 11 is 0. The van der Waals surface area contributed by atoms with Crippen molar-refractivity contribution in [3.8, 4) is 0 Å². The average molecular weight is 274 g/mol. The van der Waals surface area contributed by atoms with Gasteiger partial charge < -0.3 is 10.0 Å². The van der Waals surface area contributed by atoms with E-state index >= 15 is 0 Å². The van der Waals surface area contributed by atoms with Crippen molar-refractivity contribution in [2.75, 3.05) is 11.4 Å². The summed E-state index contributed by atoms with van der Waals surface area (Å²) in [7, 11) is 0. The van der Waals surface area contributed by atoms with E-state index in [1.807, 2.05) is 13.0 Å². The van der Waals surface area contributed by atoms with Crippen molar-refractivity contribution >= 4 is 11.7 Å². The van der Waals surface area contributed by atoms with Gasteiger partial charge in [0.05, 0.1) is 5.69 Å². The topological polar surface area (TPSA) is 53.4 Å². The Morgan fingerprint density at radius 2 is 2.05 bits per heavy atom. The zero-order valence-electron chi connectivity index (χ0n) is 12.0. The van der Waals surface area contributed by atoms with E-state index in [0.717, 1.165) is 23.8 Å². The van der Waals surface area contributed by atoms with Crippen LogP contribution in [0.15, 0.2) is 12.3 Å². The summed E-state index contributed by atoms with van der Waals surface area (Å²) in [4.78, 5) is 18.0. The van der Waals surface area contributed by atoms with Crippen LogP contribution in [0.2, 0.25) is 0 Å². The largest absolute Gasteiger partial charge is 0.478 e. The Kier molecular flexibility index (Phi) is 3.64. The van der Waals surface area contributed by atoms with E-state index in [-0.39, 0.29) is 0 Å². The van der Waals surface area contributed by atoms with Gasteiger partial charge in [-0.3, -0.25) is 4.98 Å². The smallest absolute Gasteiger partial charge is 0.339 e. The van der Waals surface area contributed by atoms with E-state index in [4.69, 9.17) is 0 Å². The lowest BCUT2D eigenvalue weighted by atomic mass is 9.78. The Hall–Kier alpha value is -1.58. The molecule has 2 aliphatic rings. The van der Waals surface area contributed by atoms with Crippen LogP contribution < -0.4 is 4.90 Å². The van der Waals surface area contributed by atoms with Crippen LogP contribution in [0, 0.1) is 12.8 Å². The van der Waals surface area contributed by atoms with Gasteiger partial charge >= 0.3 is 5.97 Å². The number of aromatic carboxylic acids is 1. The summed E-state index contributed by atoms with van der Waals surface area (Å²) in [6, 6.07) is 2.47. The maximum Gasteiger partial charge on any atom is 0.339 e. The number of hydrogen-bond donors (Lipinski definition) is 1. The fraction of sp³-hybridized carbons (Fsp3) is 0.625. The molecule has 20 heavy (non-hydrogen) atoms. The molecule has 2 atom stereocenters. The third-order valence-corrected chi connectivity index (χ3v) is 4.80. The van der Waals surface area contributed by atoms with Gasteiger partial charge in [-0.25, -0.2) is 4.79 Å². The lowest BCUT2D eigenvalue weighted by Gasteiger charge is -2.45. The Morgan fingerprint density at radius 3 is 2.85 bits per heavy atom. The van der Waals surface area contributed by atoms with Gasteiger partial charge in [0.1, 0.15) is 5.56 Å². The normalized spacial score (nSPS) is 26.1. The lowest BCUT2D eigenvalue weighted by molar-refractivity contribution is 0.0696. The molecule has 1 saturated carbocycles. The summed E-state index contributed by atoms with van der Waals surface area (Å²) < 4.78 is 0. The SMILES string of the molecule is Cc1cc(N2CCC[C@H]3CCCC[C@H]32)c(C(=O)O)cn1. The molecule has 1 aromatic heterocycles. The average Bonchev–Trinajstić information content (AvgIpc) is 2.46. The predicted octanol–water partition coefficient (Wildman–Crippen LogP) is 3.25. The molecule has 3 rings (SSSR count). The first-order valence-corrected chi connectivity index (χ1v) is 7.63. The van der Waals surface area contributed by atoms with Crippen LogP contribution >= 0.6 is 0 Å². The fourth-order valence-corrected chi connectivity index (χ4v) is 3.87. The molecular formula is C16H22N2O2. The number of rotatable bonds is 2. The minimum Gasteiger partial charge on any atom is -0.478 e. The summed E-state index contributed by atoms with van der Waals surface area (Å²) in [5, 5.41) is 9.42. The minimum atomic E-state index is -0.870. The van der Waals surface area contributed by atoms with E-state index in [2.05, 4.69) is 9.88 Å². The van der Waals surface area contributed by atoms with Crippen LogP contribution in [0.5, 0.6) is 0 Å². The van der Waals surface area contributed by atoms with Crippen LogP contribution in [0.4, 0.5) is 5.69 Å². The third-order valence-electron chi connectivity index (χ3n) is 4.80. The van der Waals surface area contributed by atoms with Crippen LogP contribution in [0.25, 0.3) is 0 Å². The molecule has 0 aromatic carbocycles. The molecule has 4 heteroatoms. The highest BCUT2D eigenvalue weighted by Gasteiger charge is 2.34. The molecular weight excluding hydrogens is 252 g/mol. The quantitative estimate of drug-likeness (QED) is 0.899. The van der Waals surface area contributed by atoms with Crippen molar-refractivity contribution in [2.45, 2.75) is 51.5 Å². The molecule has 1 N–H and O–H groups in total. The maximum absolute atomic E-state index is 11.5.